The number of nitrogens with zero attached hydrogens (tertiary/aromatic N) is 4. The molecule has 1 aromatic heterocycles. The first-order valence-electron chi connectivity index (χ1n) is 8.00. The lowest BCUT2D eigenvalue weighted by atomic mass is 10.3. The van der Waals surface area contributed by atoms with Gasteiger partial charge >= 0.3 is 0 Å². The fourth-order valence-corrected chi connectivity index (χ4v) is 3.65. The highest BCUT2D eigenvalue weighted by molar-refractivity contribution is 7.88. The molecule has 0 saturated carbocycles. The van der Waals surface area contributed by atoms with Gasteiger partial charge in [0, 0.05) is 13.6 Å². The Labute approximate surface area is 157 Å². The lowest BCUT2D eigenvalue weighted by Gasteiger charge is -2.23. The van der Waals surface area contributed by atoms with Gasteiger partial charge in [-0.15, -0.1) is 0 Å². The summed E-state index contributed by atoms with van der Waals surface area (Å²) >= 11 is 1.21. The molecule has 1 aromatic carbocycles. The number of amides is 1. The number of thiazole rings is 1. The molecule has 0 unspecified atom stereocenters. The van der Waals surface area contributed by atoms with Crippen molar-refractivity contribution in [1.29, 1.82) is 0 Å². The minimum atomic E-state index is -3.47. The van der Waals surface area contributed by atoms with Gasteiger partial charge in [-0.05, 0) is 45.3 Å². The van der Waals surface area contributed by atoms with E-state index in [-0.39, 0.29) is 18.3 Å². The summed E-state index contributed by atoms with van der Waals surface area (Å²) in [6.45, 7) is 0.896. The summed E-state index contributed by atoms with van der Waals surface area (Å²) in [5, 5.41) is 0.441. The highest BCUT2D eigenvalue weighted by atomic mass is 32.2. The van der Waals surface area contributed by atoms with Crippen LogP contribution in [0.2, 0.25) is 0 Å². The van der Waals surface area contributed by atoms with Gasteiger partial charge in [-0.25, -0.2) is 17.8 Å². The summed E-state index contributed by atoms with van der Waals surface area (Å²) < 4.78 is 38.3. The Kier molecular flexibility index (Phi) is 6.67. The second-order valence-electron chi connectivity index (χ2n) is 6.33. The molecule has 0 aliphatic heterocycles. The fraction of sp³-hybridized carbons (Fsp3) is 0.500. The first kappa shape index (κ1) is 20.7. The maximum absolute atomic E-state index is 13.4. The molecule has 0 aliphatic rings. The Morgan fingerprint density at radius 3 is 2.54 bits per heavy atom. The van der Waals surface area contributed by atoms with Crippen LogP contribution >= 0.6 is 11.3 Å². The highest BCUT2D eigenvalue weighted by Crippen LogP contribution is 2.29. The van der Waals surface area contributed by atoms with Crippen molar-refractivity contribution >= 4 is 42.6 Å². The number of carbonyl (C=O) groups is 1. The van der Waals surface area contributed by atoms with Crippen molar-refractivity contribution in [3.8, 4) is 0 Å². The lowest BCUT2D eigenvalue weighted by molar-refractivity contribution is -0.118. The Morgan fingerprint density at radius 2 is 1.92 bits per heavy atom. The first-order chi connectivity index (χ1) is 12.1. The quantitative estimate of drug-likeness (QED) is 0.671. The second-order valence-corrected chi connectivity index (χ2v) is 9.43. The smallest absolute Gasteiger partial charge is 0.244 e. The lowest BCUT2D eigenvalue weighted by Crippen LogP contribution is -2.41. The average Bonchev–Trinajstić information content (AvgIpc) is 2.92. The maximum Gasteiger partial charge on any atom is 0.244 e. The third-order valence-electron chi connectivity index (χ3n) is 3.78. The van der Waals surface area contributed by atoms with E-state index in [1.165, 1.54) is 35.4 Å². The summed E-state index contributed by atoms with van der Waals surface area (Å²) in [6, 6.07) is 4.26. The van der Waals surface area contributed by atoms with Crippen LogP contribution in [0.5, 0.6) is 0 Å². The third-order valence-corrected chi connectivity index (χ3v) is 6.08. The van der Waals surface area contributed by atoms with Gasteiger partial charge in [0.25, 0.3) is 0 Å². The molecule has 26 heavy (non-hydrogen) atoms. The molecule has 0 atom stereocenters. The first-order valence-corrected chi connectivity index (χ1v) is 10.7. The fourth-order valence-electron chi connectivity index (χ4n) is 2.27. The van der Waals surface area contributed by atoms with Crippen molar-refractivity contribution in [2.45, 2.75) is 6.42 Å². The van der Waals surface area contributed by atoms with Gasteiger partial charge in [0.2, 0.25) is 15.9 Å². The number of sulfonamides is 1. The standard InChI is InChI=1S/C16H23FN4O3S2/c1-19(2)8-5-9-21(15(22)11-20(3)26(4,23)24)16-18-13-7-6-12(17)10-14(13)25-16/h6-7,10H,5,8-9,11H2,1-4H3. The van der Waals surface area contributed by atoms with Gasteiger partial charge in [0.05, 0.1) is 23.0 Å². The molecule has 2 aromatic rings. The Hall–Kier alpha value is -1.62. The molecular weight excluding hydrogens is 379 g/mol. The highest BCUT2D eigenvalue weighted by Gasteiger charge is 2.23. The minimum absolute atomic E-state index is 0.273. The summed E-state index contributed by atoms with van der Waals surface area (Å²) in [5.74, 6) is -0.730. The van der Waals surface area contributed by atoms with Crippen LogP contribution in [0.1, 0.15) is 6.42 Å². The van der Waals surface area contributed by atoms with E-state index in [1.54, 1.807) is 6.07 Å². The van der Waals surface area contributed by atoms with Gasteiger partial charge in [0.1, 0.15) is 5.82 Å². The zero-order valence-electron chi connectivity index (χ0n) is 15.3. The molecule has 1 heterocycles. The van der Waals surface area contributed by atoms with E-state index < -0.39 is 10.0 Å². The zero-order chi connectivity index (χ0) is 19.5. The van der Waals surface area contributed by atoms with E-state index in [1.807, 2.05) is 19.0 Å². The monoisotopic (exact) mass is 402 g/mol. The number of carbonyl (C=O) groups excluding carboxylic acids is 1. The van der Waals surface area contributed by atoms with Crippen LogP contribution in [-0.4, -0.2) is 75.5 Å². The van der Waals surface area contributed by atoms with Crippen molar-refractivity contribution in [3.05, 3.63) is 24.0 Å². The topological polar surface area (TPSA) is 73.8 Å². The van der Waals surface area contributed by atoms with Crippen molar-refractivity contribution in [3.63, 3.8) is 0 Å². The molecule has 0 radical (unpaired) electrons. The molecule has 0 spiro atoms. The summed E-state index contributed by atoms with van der Waals surface area (Å²) in [5.41, 5.74) is 0.605. The Balaban J connectivity index is 2.27. The number of aromatic nitrogens is 1. The molecule has 2 rings (SSSR count). The van der Waals surface area contributed by atoms with E-state index >= 15 is 0 Å². The molecule has 0 bridgehead atoms. The molecule has 10 heteroatoms. The average molecular weight is 403 g/mol. The normalized spacial score (nSPS) is 12.3. The Bertz CT molecular complexity index is 883. The zero-order valence-corrected chi connectivity index (χ0v) is 16.9. The van der Waals surface area contributed by atoms with Gasteiger partial charge in [-0.3, -0.25) is 9.69 Å². The van der Waals surface area contributed by atoms with Gasteiger partial charge < -0.3 is 4.90 Å². The minimum Gasteiger partial charge on any atom is -0.309 e. The number of anilines is 1. The van der Waals surface area contributed by atoms with Crippen LogP contribution in [0.25, 0.3) is 10.2 Å². The summed E-state index contributed by atoms with van der Waals surface area (Å²) in [7, 11) is 1.76. The van der Waals surface area contributed by atoms with E-state index in [2.05, 4.69) is 4.98 Å². The number of hydrogen-bond donors (Lipinski definition) is 0. The van der Waals surface area contributed by atoms with E-state index in [4.69, 9.17) is 0 Å². The number of likely N-dealkylation sites (N-methyl/N-ethyl adjacent to an activating group) is 1. The van der Waals surface area contributed by atoms with Crippen LogP contribution in [0.3, 0.4) is 0 Å². The van der Waals surface area contributed by atoms with E-state index in [0.29, 0.717) is 28.3 Å². The summed E-state index contributed by atoms with van der Waals surface area (Å²) in [4.78, 5) is 20.6. The molecule has 1 amide bonds. The van der Waals surface area contributed by atoms with Crippen molar-refractivity contribution in [1.82, 2.24) is 14.2 Å². The third kappa shape index (κ3) is 5.44. The Morgan fingerprint density at radius 1 is 1.23 bits per heavy atom. The second kappa shape index (κ2) is 8.38. The van der Waals surface area contributed by atoms with E-state index in [9.17, 15) is 17.6 Å². The molecule has 0 fully saturated rings. The van der Waals surface area contributed by atoms with Crippen LogP contribution in [0, 0.1) is 5.82 Å². The van der Waals surface area contributed by atoms with E-state index in [0.717, 1.165) is 17.1 Å². The number of halogens is 1. The molecule has 7 nitrogen and oxygen atoms in total. The van der Waals surface area contributed by atoms with Crippen LogP contribution in [0.15, 0.2) is 18.2 Å². The van der Waals surface area contributed by atoms with Gasteiger partial charge in [0.15, 0.2) is 5.13 Å². The molecule has 0 aliphatic carbocycles. The molecular formula is C16H23FN4O3S2. The number of fused-ring (bicyclic) bond motifs is 1. The summed E-state index contributed by atoms with van der Waals surface area (Å²) in [6.07, 6.45) is 1.75. The number of benzene rings is 1. The SMILES string of the molecule is CN(C)CCCN(C(=O)CN(C)S(C)(=O)=O)c1nc2ccc(F)cc2s1. The molecule has 0 N–H and O–H groups in total. The predicted molar refractivity (Wildman–Crippen MR) is 103 cm³/mol. The number of rotatable bonds is 8. The van der Waals surface area contributed by atoms with Crippen molar-refractivity contribution in [2.24, 2.45) is 0 Å². The van der Waals surface area contributed by atoms with Crippen LogP contribution < -0.4 is 4.90 Å². The van der Waals surface area contributed by atoms with Crippen LogP contribution in [-0.2, 0) is 14.8 Å². The van der Waals surface area contributed by atoms with Crippen molar-refractivity contribution < 1.29 is 17.6 Å². The van der Waals surface area contributed by atoms with Gasteiger partial charge in [-0.2, -0.15) is 4.31 Å². The number of hydrogen-bond acceptors (Lipinski definition) is 6. The van der Waals surface area contributed by atoms with Gasteiger partial charge in [-0.1, -0.05) is 11.3 Å². The maximum atomic E-state index is 13.4. The van der Waals surface area contributed by atoms with Crippen LogP contribution in [0.4, 0.5) is 9.52 Å². The largest absolute Gasteiger partial charge is 0.309 e. The predicted octanol–water partition coefficient (Wildman–Crippen LogP) is 1.61. The molecule has 0 saturated heterocycles. The van der Waals surface area contributed by atoms with Crippen molar-refractivity contribution in [2.75, 3.05) is 51.9 Å². The molecule has 144 valence electrons.